The summed E-state index contributed by atoms with van der Waals surface area (Å²) >= 11 is 0. The van der Waals surface area contributed by atoms with Crippen molar-refractivity contribution in [1.29, 1.82) is 0 Å². The van der Waals surface area contributed by atoms with E-state index in [4.69, 9.17) is 0 Å². The maximum atomic E-state index is 11.2. The molecule has 2 aromatic carbocycles. The van der Waals surface area contributed by atoms with E-state index in [9.17, 15) is 10.2 Å². The summed E-state index contributed by atoms with van der Waals surface area (Å²) in [6, 6.07) is 20.6. The molecule has 1 atom stereocenters. The van der Waals surface area contributed by atoms with E-state index in [1.165, 1.54) is 16.7 Å². The van der Waals surface area contributed by atoms with Gasteiger partial charge in [0.15, 0.2) is 5.79 Å². The first kappa shape index (κ1) is 23.5. The molecule has 0 amide bonds. The van der Waals surface area contributed by atoms with Crippen LogP contribution in [0.4, 0.5) is 0 Å². The zero-order valence-corrected chi connectivity index (χ0v) is 19.3. The minimum atomic E-state index is -1.82. The van der Waals surface area contributed by atoms with Crippen molar-refractivity contribution in [2.75, 3.05) is 0 Å². The third-order valence-electron chi connectivity index (χ3n) is 6.97. The molecular formula is C29H38O2. The van der Waals surface area contributed by atoms with Gasteiger partial charge in [-0.1, -0.05) is 92.2 Å². The fourth-order valence-corrected chi connectivity index (χ4v) is 4.90. The number of benzene rings is 2. The summed E-state index contributed by atoms with van der Waals surface area (Å²) in [5.74, 6) is -1.82. The first-order chi connectivity index (χ1) is 14.8. The van der Waals surface area contributed by atoms with Gasteiger partial charge in [0.1, 0.15) is 0 Å². The lowest BCUT2D eigenvalue weighted by Gasteiger charge is -2.37. The first-order valence-electron chi connectivity index (χ1n) is 11.7. The van der Waals surface area contributed by atoms with E-state index in [2.05, 4.69) is 51.1 Å². The Bertz CT molecular complexity index is 819. The van der Waals surface area contributed by atoms with Crippen LogP contribution in [0.3, 0.4) is 0 Å². The fourth-order valence-electron chi connectivity index (χ4n) is 4.90. The molecule has 2 heteroatoms. The smallest absolute Gasteiger partial charge is 0.185 e. The van der Waals surface area contributed by atoms with E-state index < -0.39 is 5.79 Å². The van der Waals surface area contributed by atoms with Crippen LogP contribution < -0.4 is 0 Å². The summed E-state index contributed by atoms with van der Waals surface area (Å²) in [6.45, 7) is 6.71. The van der Waals surface area contributed by atoms with Crippen molar-refractivity contribution in [3.8, 4) is 0 Å². The van der Waals surface area contributed by atoms with Crippen LogP contribution in [-0.2, 0) is 12.8 Å². The number of hydrogen-bond donors (Lipinski definition) is 2. The van der Waals surface area contributed by atoms with Crippen LogP contribution in [0.15, 0.2) is 84.5 Å². The van der Waals surface area contributed by atoms with Crippen LogP contribution in [0.2, 0.25) is 0 Å². The zero-order chi connectivity index (χ0) is 22.3. The largest absolute Gasteiger partial charge is 0.362 e. The van der Waals surface area contributed by atoms with Crippen LogP contribution in [0, 0.1) is 17.3 Å². The lowest BCUT2D eigenvalue weighted by molar-refractivity contribution is -0.163. The van der Waals surface area contributed by atoms with Crippen molar-refractivity contribution in [1.82, 2.24) is 0 Å². The minimum Gasteiger partial charge on any atom is -0.362 e. The quantitative estimate of drug-likeness (QED) is 0.361. The van der Waals surface area contributed by atoms with Gasteiger partial charge >= 0.3 is 0 Å². The van der Waals surface area contributed by atoms with Crippen molar-refractivity contribution >= 4 is 0 Å². The second kappa shape index (κ2) is 10.4. The Labute approximate surface area is 188 Å². The molecule has 31 heavy (non-hydrogen) atoms. The van der Waals surface area contributed by atoms with E-state index in [1.807, 2.05) is 42.5 Å². The van der Waals surface area contributed by atoms with Gasteiger partial charge in [0.05, 0.1) is 0 Å². The van der Waals surface area contributed by atoms with E-state index >= 15 is 0 Å². The third kappa shape index (κ3) is 6.66. The predicted octanol–water partition coefficient (Wildman–Crippen LogP) is 6.49. The lowest BCUT2D eigenvalue weighted by atomic mass is 9.68. The Morgan fingerprint density at radius 1 is 0.935 bits per heavy atom. The standard InChI is InChI=1S/C29H38O2/c1-23-11-10-21-28(2,3)27(23)20-22-29(30,31)26(18-16-24-12-6-4-7-13-24)19-17-25-14-8-5-9-15-25/h4-9,11-15,20,22,26-27,30-31H,10,16-19,21H2,1-3H3. The number of allylic oxidation sites excluding steroid dienone is 3. The molecule has 0 radical (unpaired) electrons. The highest BCUT2D eigenvalue weighted by Crippen LogP contribution is 2.42. The van der Waals surface area contributed by atoms with Crippen LogP contribution in [0.5, 0.6) is 0 Å². The zero-order valence-electron chi connectivity index (χ0n) is 19.3. The number of hydrogen-bond acceptors (Lipinski definition) is 2. The average molecular weight is 419 g/mol. The molecule has 0 saturated heterocycles. The van der Waals surface area contributed by atoms with Gasteiger partial charge in [-0.3, -0.25) is 0 Å². The normalized spacial score (nSPS) is 19.0. The SMILES string of the molecule is CC1=CCCC(C)(C)C1C=CC(O)(O)C(CCc1ccccc1)CCc1ccccc1. The molecule has 0 fully saturated rings. The molecule has 2 aromatic rings. The van der Waals surface area contributed by atoms with Crippen molar-refractivity contribution in [3.63, 3.8) is 0 Å². The molecular weight excluding hydrogens is 380 g/mol. The molecule has 1 unspecified atom stereocenters. The van der Waals surface area contributed by atoms with Crippen molar-refractivity contribution in [2.24, 2.45) is 17.3 Å². The van der Waals surface area contributed by atoms with Crippen LogP contribution >= 0.6 is 0 Å². The molecule has 1 aliphatic rings. The summed E-state index contributed by atoms with van der Waals surface area (Å²) in [6.07, 6.45) is 11.4. The molecule has 2 N–H and O–H groups in total. The van der Waals surface area contributed by atoms with Crippen LogP contribution in [-0.4, -0.2) is 16.0 Å². The Morgan fingerprint density at radius 3 is 1.94 bits per heavy atom. The molecule has 166 valence electrons. The molecule has 0 spiro atoms. The van der Waals surface area contributed by atoms with Gasteiger partial charge < -0.3 is 10.2 Å². The van der Waals surface area contributed by atoms with Crippen LogP contribution in [0.1, 0.15) is 57.6 Å². The Balaban J connectivity index is 1.76. The first-order valence-corrected chi connectivity index (χ1v) is 11.7. The highest BCUT2D eigenvalue weighted by Gasteiger charge is 2.35. The topological polar surface area (TPSA) is 40.5 Å². The second-order valence-corrected chi connectivity index (χ2v) is 9.84. The van der Waals surface area contributed by atoms with E-state index in [0.29, 0.717) is 0 Å². The van der Waals surface area contributed by atoms with Gasteiger partial charge in [-0.15, -0.1) is 0 Å². The maximum absolute atomic E-state index is 11.2. The molecule has 3 rings (SSSR count). The second-order valence-electron chi connectivity index (χ2n) is 9.84. The van der Waals surface area contributed by atoms with Gasteiger partial charge in [0, 0.05) is 11.8 Å². The number of rotatable bonds is 9. The Kier molecular flexibility index (Phi) is 7.91. The predicted molar refractivity (Wildman–Crippen MR) is 130 cm³/mol. The summed E-state index contributed by atoms with van der Waals surface area (Å²) in [7, 11) is 0. The highest BCUT2D eigenvalue weighted by atomic mass is 16.5. The van der Waals surface area contributed by atoms with Gasteiger partial charge in [0.2, 0.25) is 0 Å². The average Bonchev–Trinajstić information content (AvgIpc) is 2.74. The Morgan fingerprint density at radius 2 is 1.45 bits per heavy atom. The summed E-state index contributed by atoms with van der Waals surface area (Å²) in [5.41, 5.74) is 3.93. The van der Waals surface area contributed by atoms with Crippen molar-refractivity contribution in [2.45, 2.75) is 65.1 Å². The van der Waals surface area contributed by atoms with Crippen LogP contribution in [0.25, 0.3) is 0 Å². The lowest BCUT2D eigenvalue weighted by Crippen LogP contribution is -2.37. The monoisotopic (exact) mass is 418 g/mol. The van der Waals surface area contributed by atoms with Gasteiger partial charge in [0.25, 0.3) is 0 Å². The van der Waals surface area contributed by atoms with Crippen molar-refractivity contribution in [3.05, 3.63) is 95.6 Å². The molecule has 0 saturated carbocycles. The van der Waals surface area contributed by atoms with Crippen molar-refractivity contribution < 1.29 is 10.2 Å². The maximum Gasteiger partial charge on any atom is 0.185 e. The third-order valence-corrected chi connectivity index (χ3v) is 6.97. The van der Waals surface area contributed by atoms with Gasteiger partial charge in [-0.05, 0) is 68.1 Å². The minimum absolute atomic E-state index is 0.134. The van der Waals surface area contributed by atoms with E-state index in [1.54, 1.807) is 6.08 Å². The summed E-state index contributed by atoms with van der Waals surface area (Å²) in [5, 5.41) is 22.3. The molecule has 0 heterocycles. The van der Waals surface area contributed by atoms with E-state index in [-0.39, 0.29) is 17.3 Å². The number of aliphatic hydroxyl groups is 2. The number of aryl methyl sites for hydroxylation is 2. The highest BCUT2D eigenvalue weighted by molar-refractivity contribution is 5.21. The van der Waals surface area contributed by atoms with Gasteiger partial charge in [-0.2, -0.15) is 0 Å². The molecule has 1 aliphatic carbocycles. The molecule has 0 aromatic heterocycles. The van der Waals surface area contributed by atoms with Gasteiger partial charge in [-0.25, -0.2) is 0 Å². The summed E-state index contributed by atoms with van der Waals surface area (Å²) < 4.78 is 0. The summed E-state index contributed by atoms with van der Waals surface area (Å²) in [4.78, 5) is 0. The molecule has 2 nitrogen and oxygen atoms in total. The van der Waals surface area contributed by atoms with E-state index in [0.717, 1.165) is 38.5 Å². The molecule has 0 bridgehead atoms. The molecule has 0 aliphatic heterocycles. The Hall–Kier alpha value is -2.16. The fraction of sp³-hybridized carbons (Fsp3) is 0.448.